The number of primary amides is 1. The third-order valence-electron chi connectivity index (χ3n) is 1.34. The summed E-state index contributed by atoms with van der Waals surface area (Å²) >= 11 is 2.02. The molecule has 1 aromatic rings. The number of hydrogen-bond donors (Lipinski definition) is 1. The molecule has 0 saturated heterocycles. The Morgan fingerprint density at radius 2 is 1.91 bits per heavy atom. The van der Waals surface area contributed by atoms with Gasteiger partial charge in [0.2, 0.25) is 5.91 Å². The van der Waals surface area contributed by atoms with Gasteiger partial charge in [-0.05, 0) is 5.56 Å². The van der Waals surface area contributed by atoms with E-state index in [-0.39, 0.29) is 9.83 Å². The molecule has 1 rings (SSSR count). The van der Waals surface area contributed by atoms with E-state index in [1.807, 2.05) is 52.9 Å². The van der Waals surface area contributed by atoms with Crippen LogP contribution in [0.15, 0.2) is 30.3 Å². The summed E-state index contributed by atoms with van der Waals surface area (Å²) in [4.78, 5) is 10.7. The molecule has 58 valence electrons. The summed E-state index contributed by atoms with van der Waals surface area (Å²) in [5.41, 5.74) is 6.08. The molecule has 1 aromatic carbocycles. The Balaban J connectivity index is 2.85. The van der Waals surface area contributed by atoms with E-state index in [0.29, 0.717) is 0 Å². The van der Waals surface area contributed by atoms with E-state index in [2.05, 4.69) is 0 Å². The van der Waals surface area contributed by atoms with Crippen LogP contribution in [-0.4, -0.2) is 5.91 Å². The summed E-state index contributed by atoms with van der Waals surface area (Å²) in [5.74, 6) is -0.295. The lowest BCUT2D eigenvalue weighted by Crippen LogP contribution is -2.16. The van der Waals surface area contributed by atoms with Crippen LogP contribution >= 0.6 is 22.6 Å². The highest BCUT2D eigenvalue weighted by molar-refractivity contribution is 14.1. The van der Waals surface area contributed by atoms with Gasteiger partial charge in [0, 0.05) is 0 Å². The first kappa shape index (κ1) is 8.52. The maximum atomic E-state index is 10.7. The van der Waals surface area contributed by atoms with Crippen LogP contribution in [0.1, 0.15) is 9.49 Å². The number of rotatable bonds is 2. The lowest BCUT2D eigenvalue weighted by atomic mass is 10.1. The lowest BCUT2D eigenvalue weighted by Gasteiger charge is -2.03. The predicted octanol–water partition coefficient (Wildman–Crippen LogP) is 1.65. The second kappa shape index (κ2) is 3.71. The van der Waals surface area contributed by atoms with Gasteiger partial charge >= 0.3 is 0 Å². The smallest absolute Gasteiger partial charge is 0.234 e. The molecule has 0 spiro atoms. The zero-order chi connectivity index (χ0) is 8.27. The van der Waals surface area contributed by atoms with Crippen LogP contribution in [0.2, 0.25) is 0 Å². The molecule has 0 aromatic heterocycles. The first-order valence-electron chi connectivity index (χ1n) is 3.20. The number of hydrogen-bond acceptors (Lipinski definition) is 1. The van der Waals surface area contributed by atoms with Crippen molar-refractivity contribution in [1.82, 2.24) is 0 Å². The van der Waals surface area contributed by atoms with Gasteiger partial charge in [0.1, 0.15) is 3.92 Å². The largest absolute Gasteiger partial charge is 0.368 e. The summed E-state index contributed by atoms with van der Waals surface area (Å²) < 4.78 is -0.214. The monoisotopic (exact) mass is 261 g/mol. The Bertz CT molecular complexity index is 248. The van der Waals surface area contributed by atoms with Crippen molar-refractivity contribution in [2.75, 3.05) is 0 Å². The molecule has 1 unspecified atom stereocenters. The number of carbonyl (C=O) groups excluding carboxylic acids is 1. The van der Waals surface area contributed by atoms with E-state index in [1.165, 1.54) is 0 Å². The number of benzene rings is 1. The third-order valence-corrected chi connectivity index (χ3v) is 2.68. The number of halogens is 1. The quantitative estimate of drug-likeness (QED) is 0.638. The molecule has 0 fully saturated rings. The van der Waals surface area contributed by atoms with Crippen molar-refractivity contribution in [3.8, 4) is 0 Å². The van der Waals surface area contributed by atoms with Crippen molar-refractivity contribution in [1.29, 1.82) is 0 Å². The van der Waals surface area contributed by atoms with E-state index in [9.17, 15) is 4.79 Å². The molecule has 0 bridgehead atoms. The molecule has 1 amide bonds. The summed E-state index contributed by atoms with van der Waals surface area (Å²) in [6, 6.07) is 9.48. The van der Waals surface area contributed by atoms with Crippen molar-refractivity contribution < 1.29 is 4.79 Å². The zero-order valence-electron chi connectivity index (χ0n) is 5.83. The molecule has 2 N–H and O–H groups in total. The van der Waals surface area contributed by atoms with E-state index in [4.69, 9.17) is 5.73 Å². The number of nitrogens with two attached hydrogens (primary N) is 1. The molecule has 0 heterocycles. The maximum Gasteiger partial charge on any atom is 0.234 e. The fraction of sp³-hybridized carbons (Fsp3) is 0.125. The second-order valence-corrected chi connectivity index (χ2v) is 3.42. The highest BCUT2D eigenvalue weighted by Crippen LogP contribution is 2.21. The van der Waals surface area contributed by atoms with E-state index in [1.54, 1.807) is 0 Å². The number of amides is 1. The molecule has 0 aliphatic rings. The highest BCUT2D eigenvalue weighted by Gasteiger charge is 2.11. The van der Waals surface area contributed by atoms with Gasteiger partial charge in [0.15, 0.2) is 0 Å². The van der Waals surface area contributed by atoms with Crippen LogP contribution in [0.3, 0.4) is 0 Å². The minimum absolute atomic E-state index is 0.214. The molecule has 3 heteroatoms. The van der Waals surface area contributed by atoms with Crippen LogP contribution in [-0.2, 0) is 4.79 Å². The van der Waals surface area contributed by atoms with Gasteiger partial charge in [-0.3, -0.25) is 4.79 Å². The molecule has 0 saturated carbocycles. The topological polar surface area (TPSA) is 43.1 Å². The van der Waals surface area contributed by atoms with Gasteiger partial charge in [-0.2, -0.15) is 0 Å². The van der Waals surface area contributed by atoms with Crippen molar-refractivity contribution in [3.63, 3.8) is 0 Å². The van der Waals surface area contributed by atoms with Gasteiger partial charge < -0.3 is 5.73 Å². The Morgan fingerprint density at radius 1 is 1.36 bits per heavy atom. The molecule has 2 nitrogen and oxygen atoms in total. The third kappa shape index (κ3) is 2.18. The highest BCUT2D eigenvalue weighted by atomic mass is 127. The average molecular weight is 261 g/mol. The molecular weight excluding hydrogens is 253 g/mol. The molecule has 11 heavy (non-hydrogen) atoms. The minimum atomic E-state index is -0.295. The maximum absolute atomic E-state index is 10.7. The van der Waals surface area contributed by atoms with E-state index >= 15 is 0 Å². The zero-order valence-corrected chi connectivity index (χ0v) is 7.99. The van der Waals surface area contributed by atoms with Crippen LogP contribution in [0.4, 0.5) is 0 Å². The first-order valence-corrected chi connectivity index (χ1v) is 4.44. The molecule has 0 aliphatic heterocycles. The van der Waals surface area contributed by atoms with Crippen molar-refractivity contribution >= 4 is 28.5 Å². The van der Waals surface area contributed by atoms with Gasteiger partial charge in [-0.25, -0.2) is 0 Å². The van der Waals surface area contributed by atoms with Gasteiger partial charge in [0.25, 0.3) is 0 Å². The van der Waals surface area contributed by atoms with E-state index < -0.39 is 0 Å². The fourth-order valence-corrected chi connectivity index (χ4v) is 1.20. The molecule has 0 radical (unpaired) electrons. The van der Waals surface area contributed by atoms with Crippen molar-refractivity contribution in [2.45, 2.75) is 3.92 Å². The van der Waals surface area contributed by atoms with Crippen molar-refractivity contribution in [3.05, 3.63) is 35.9 Å². The summed E-state index contributed by atoms with van der Waals surface area (Å²) in [6.45, 7) is 0. The van der Waals surface area contributed by atoms with E-state index in [0.717, 1.165) is 5.56 Å². The van der Waals surface area contributed by atoms with Crippen molar-refractivity contribution in [2.24, 2.45) is 5.73 Å². The Labute approximate surface area is 78.9 Å². The summed E-state index contributed by atoms with van der Waals surface area (Å²) in [6.07, 6.45) is 0. The standard InChI is InChI=1S/C8H8INO/c9-7(8(10)11)6-4-2-1-3-5-6/h1-5,7H,(H2,10,11). The Hall–Kier alpha value is -0.580. The van der Waals surface area contributed by atoms with Crippen LogP contribution in [0, 0.1) is 0 Å². The van der Waals surface area contributed by atoms with Crippen LogP contribution in [0.5, 0.6) is 0 Å². The Kier molecular flexibility index (Phi) is 2.87. The fourth-order valence-electron chi connectivity index (χ4n) is 0.786. The van der Waals surface area contributed by atoms with Gasteiger partial charge in [0.05, 0.1) is 0 Å². The van der Waals surface area contributed by atoms with Gasteiger partial charge in [-0.15, -0.1) is 0 Å². The Morgan fingerprint density at radius 3 is 2.36 bits per heavy atom. The number of carbonyl (C=O) groups is 1. The molecule has 1 atom stereocenters. The summed E-state index contributed by atoms with van der Waals surface area (Å²) in [7, 11) is 0. The number of alkyl halides is 1. The van der Waals surface area contributed by atoms with Crippen LogP contribution < -0.4 is 5.73 Å². The minimum Gasteiger partial charge on any atom is -0.368 e. The first-order chi connectivity index (χ1) is 5.22. The SMILES string of the molecule is NC(=O)C(I)c1ccccc1. The molecule has 0 aliphatic carbocycles. The predicted molar refractivity (Wildman–Crippen MR) is 52.4 cm³/mol. The summed E-state index contributed by atoms with van der Waals surface area (Å²) in [5, 5.41) is 0. The second-order valence-electron chi connectivity index (χ2n) is 2.18. The van der Waals surface area contributed by atoms with Gasteiger partial charge in [-0.1, -0.05) is 52.9 Å². The van der Waals surface area contributed by atoms with Crippen LogP contribution in [0.25, 0.3) is 0 Å². The normalized spacial score (nSPS) is 12.5. The average Bonchev–Trinajstić information content (AvgIpc) is 2.05. The lowest BCUT2D eigenvalue weighted by molar-refractivity contribution is -0.117. The molecular formula is C8H8INO.